The highest BCUT2D eigenvalue weighted by Gasteiger charge is 2.18. The molecule has 0 unspecified atom stereocenters. The van der Waals surface area contributed by atoms with Gasteiger partial charge in [-0.2, -0.15) is 0 Å². The molecule has 0 saturated heterocycles. The van der Waals surface area contributed by atoms with Crippen LogP contribution in [0.25, 0.3) is 0 Å². The average Bonchev–Trinajstić information content (AvgIpc) is 2.38. The summed E-state index contributed by atoms with van der Waals surface area (Å²) in [5.74, 6) is 0.421. The minimum Gasteiger partial charge on any atom is -0.490 e. The molecule has 4 nitrogen and oxygen atoms in total. The van der Waals surface area contributed by atoms with Crippen molar-refractivity contribution in [3.05, 3.63) is 22.2 Å². The lowest BCUT2D eigenvalue weighted by molar-refractivity contribution is -0.116. The number of hydrogen-bond donors (Lipinski definition) is 1. The van der Waals surface area contributed by atoms with Crippen molar-refractivity contribution in [3.8, 4) is 5.75 Å². The molecule has 1 N–H and O–H groups in total. The Morgan fingerprint density at radius 2 is 2.25 bits per heavy atom. The van der Waals surface area contributed by atoms with E-state index in [4.69, 9.17) is 4.74 Å². The zero-order valence-electron chi connectivity index (χ0n) is 8.67. The molecule has 0 bridgehead atoms. The van der Waals surface area contributed by atoms with Crippen LogP contribution in [0.15, 0.2) is 16.6 Å². The highest BCUT2D eigenvalue weighted by molar-refractivity contribution is 9.10. The van der Waals surface area contributed by atoms with E-state index >= 15 is 0 Å². The number of rotatable bonds is 1. The third-order valence-corrected chi connectivity index (χ3v) is 2.89. The van der Waals surface area contributed by atoms with Crippen LogP contribution in [-0.4, -0.2) is 18.3 Å². The largest absolute Gasteiger partial charge is 0.490 e. The quantitative estimate of drug-likeness (QED) is 0.805. The predicted octanol–water partition coefficient (Wildman–Crippen LogP) is 2.37. The fraction of sp³-hybridized carbons (Fsp3) is 0.273. The van der Waals surface area contributed by atoms with Gasteiger partial charge in [0.15, 0.2) is 11.5 Å². The van der Waals surface area contributed by atoms with Crippen molar-refractivity contribution < 1.29 is 14.3 Å². The number of nitrogens with one attached hydrogen (secondary N) is 1. The Morgan fingerprint density at radius 1 is 1.50 bits per heavy atom. The van der Waals surface area contributed by atoms with Crippen LogP contribution >= 0.6 is 15.9 Å². The number of hydrogen-bond acceptors (Lipinski definition) is 3. The van der Waals surface area contributed by atoms with E-state index in [1.165, 1.54) is 6.92 Å². The molecule has 0 radical (unpaired) electrons. The third-order valence-electron chi connectivity index (χ3n) is 2.30. The molecule has 1 aliphatic heterocycles. The van der Waals surface area contributed by atoms with Gasteiger partial charge in [-0.05, 0) is 35.0 Å². The predicted molar refractivity (Wildman–Crippen MR) is 62.9 cm³/mol. The lowest BCUT2D eigenvalue weighted by atomic mass is 10.1. The number of carbonyl (C=O) groups is 2. The Bertz CT molecular complexity index is 471. The number of halogens is 1. The van der Waals surface area contributed by atoms with Crippen molar-refractivity contribution in [2.75, 3.05) is 11.9 Å². The first-order valence-electron chi connectivity index (χ1n) is 4.85. The van der Waals surface area contributed by atoms with Crippen LogP contribution in [0.5, 0.6) is 5.75 Å². The summed E-state index contributed by atoms with van der Waals surface area (Å²) in [6, 6.07) is 3.32. The zero-order chi connectivity index (χ0) is 11.7. The molecule has 0 aromatic heterocycles. The molecule has 0 fully saturated rings. The molecular formula is C11H10BrNO3. The van der Waals surface area contributed by atoms with Crippen LogP contribution in [0.2, 0.25) is 0 Å². The van der Waals surface area contributed by atoms with E-state index in [1.807, 2.05) is 0 Å². The van der Waals surface area contributed by atoms with E-state index in [2.05, 4.69) is 21.2 Å². The molecule has 1 aliphatic rings. The maximum absolute atomic E-state index is 11.3. The maximum Gasteiger partial charge on any atom is 0.227 e. The summed E-state index contributed by atoms with van der Waals surface area (Å²) in [5, 5.41) is 2.71. The summed E-state index contributed by atoms with van der Waals surface area (Å²) in [6.45, 7) is 1.82. The van der Waals surface area contributed by atoms with Gasteiger partial charge in [-0.3, -0.25) is 9.59 Å². The van der Waals surface area contributed by atoms with Gasteiger partial charge >= 0.3 is 0 Å². The average molecular weight is 284 g/mol. The molecule has 2 rings (SSSR count). The van der Waals surface area contributed by atoms with Crippen molar-refractivity contribution in [2.45, 2.75) is 13.3 Å². The summed E-state index contributed by atoms with van der Waals surface area (Å²) < 4.78 is 6.12. The number of benzene rings is 1. The van der Waals surface area contributed by atoms with Crippen LogP contribution in [0.1, 0.15) is 23.7 Å². The van der Waals surface area contributed by atoms with Gasteiger partial charge in [-0.15, -0.1) is 0 Å². The molecule has 5 heteroatoms. The van der Waals surface area contributed by atoms with Crippen molar-refractivity contribution in [1.82, 2.24) is 0 Å². The summed E-state index contributed by atoms with van der Waals surface area (Å²) >= 11 is 3.33. The fourth-order valence-electron chi connectivity index (χ4n) is 1.49. The first-order chi connectivity index (χ1) is 7.58. The van der Waals surface area contributed by atoms with E-state index < -0.39 is 0 Å². The number of ketones is 1. The highest BCUT2D eigenvalue weighted by atomic mass is 79.9. The van der Waals surface area contributed by atoms with Crippen LogP contribution in [0.4, 0.5) is 5.69 Å². The molecule has 84 valence electrons. The second-order valence-electron chi connectivity index (χ2n) is 3.54. The maximum atomic E-state index is 11.3. The van der Waals surface area contributed by atoms with Crippen molar-refractivity contribution in [2.24, 2.45) is 0 Å². The normalized spacial score (nSPS) is 14.5. The van der Waals surface area contributed by atoms with E-state index in [1.54, 1.807) is 12.1 Å². The smallest absolute Gasteiger partial charge is 0.227 e. The summed E-state index contributed by atoms with van der Waals surface area (Å²) in [4.78, 5) is 22.6. The van der Waals surface area contributed by atoms with Crippen LogP contribution < -0.4 is 10.1 Å². The first-order valence-corrected chi connectivity index (χ1v) is 5.64. The van der Waals surface area contributed by atoms with Crippen LogP contribution in [0, 0.1) is 0 Å². The second-order valence-corrected chi connectivity index (χ2v) is 4.39. The molecule has 1 aromatic carbocycles. The number of anilines is 1. The van der Waals surface area contributed by atoms with E-state index in [0.29, 0.717) is 34.5 Å². The van der Waals surface area contributed by atoms with Gasteiger partial charge in [0.1, 0.15) is 0 Å². The second kappa shape index (κ2) is 4.25. The summed E-state index contributed by atoms with van der Waals surface area (Å²) in [6.07, 6.45) is 0.316. The molecule has 0 atom stereocenters. The molecular weight excluding hydrogens is 274 g/mol. The van der Waals surface area contributed by atoms with E-state index in [-0.39, 0.29) is 11.7 Å². The lowest BCUT2D eigenvalue weighted by Gasteiger charge is -2.10. The van der Waals surface area contributed by atoms with E-state index in [9.17, 15) is 9.59 Å². The van der Waals surface area contributed by atoms with Gasteiger partial charge in [0.25, 0.3) is 0 Å². The SMILES string of the molecule is CC(=O)c1cc(Br)c2c(c1)NC(=O)CCO2. The van der Waals surface area contributed by atoms with Crippen LogP contribution in [-0.2, 0) is 4.79 Å². The minimum atomic E-state index is -0.105. The Morgan fingerprint density at radius 3 is 2.94 bits per heavy atom. The molecule has 0 spiro atoms. The Balaban J connectivity index is 2.52. The summed E-state index contributed by atoms with van der Waals surface area (Å²) in [7, 11) is 0. The van der Waals surface area contributed by atoms with Crippen LogP contribution in [0.3, 0.4) is 0 Å². The van der Waals surface area contributed by atoms with Gasteiger partial charge in [-0.1, -0.05) is 0 Å². The minimum absolute atomic E-state index is 0.0537. The van der Waals surface area contributed by atoms with Gasteiger partial charge in [0.05, 0.1) is 23.2 Å². The monoisotopic (exact) mass is 283 g/mol. The van der Waals surface area contributed by atoms with Gasteiger partial charge < -0.3 is 10.1 Å². The number of fused-ring (bicyclic) bond motifs is 1. The topological polar surface area (TPSA) is 55.4 Å². The van der Waals surface area contributed by atoms with E-state index in [0.717, 1.165) is 0 Å². The molecule has 1 amide bonds. The molecule has 1 heterocycles. The van der Waals surface area contributed by atoms with Crippen molar-refractivity contribution in [3.63, 3.8) is 0 Å². The third kappa shape index (κ3) is 2.09. The van der Waals surface area contributed by atoms with Gasteiger partial charge in [0, 0.05) is 5.56 Å². The lowest BCUT2D eigenvalue weighted by Crippen LogP contribution is -2.10. The van der Waals surface area contributed by atoms with Crippen molar-refractivity contribution >= 4 is 33.3 Å². The number of Topliss-reactive ketones (excluding diaryl/α,β-unsaturated/α-hetero) is 1. The fourth-order valence-corrected chi connectivity index (χ4v) is 2.07. The van der Waals surface area contributed by atoms with Crippen molar-refractivity contribution in [1.29, 1.82) is 0 Å². The standard InChI is InChI=1S/C11H10BrNO3/c1-6(14)7-4-8(12)11-9(5-7)13-10(15)2-3-16-11/h4-5H,2-3H2,1H3,(H,13,15). The molecule has 16 heavy (non-hydrogen) atoms. The van der Waals surface area contributed by atoms with Gasteiger partial charge in [-0.25, -0.2) is 0 Å². The van der Waals surface area contributed by atoms with Gasteiger partial charge in [0.2, 0.25) is 5.91 Å². The Hall–Kier alpha value is -1.36. The molecule has 1 aromatic rings. The Kier molecular flexibility index (Phi) is 2.96. The summed E-state index contributed by atoms with van der Waals surface area (Å²) in [5.41, 5.74) is 1.08. The Labute approximate surface area is 101 Å². The number of ether oxygens (including phenoxy) is 1. The zero-order valence-corrected chi connectivity index (χ0v) is 10.3. The molecule has 0 saturated carbocycles. The first kappa shape index (κ1) is 11.1. The highest BCUT2D eigenvalue weighted by Crippen LogP contribution is 2.36. The number of carbonyl (C=O) groups excluding carboxylic acids is 2. The molecule has 0 aliphatic carbocycles. The number of amides is 1.